The Morgan fingerprint density at radius 3 is 2.16 bits per heavy atom. The van der Waals surface area contributed by atoms with Crippen molar-refractivity contribution in [3.8, 4) is 11.5 Å². The van der Waals surface area contributed by atoms with Gasteiger partial charge >= 0.3 is 23.9 Å². The van der Waals surface area contributed by atoms with Crippen LogP contribution in [0.25, 0.3) is 0 Å². The first-order valence-corrected chi connectivity index (χ1v) is 10.9. The molecule has 0 aromatic heterocycles. The summed E-state index contributed by atoms with van der Waals surface area (Å²) in [5.74, 6) is -1.79. The minimum Gasteiger partial charge on any atom is -0.462 e. The molecule has 0 aliphatic rings. The van der Waals surface area contributed by atoms with Gasteiger partial charge in [-0.3, -0.25) is 19.2 Å². The van der Waals surface area contributed by atoms with E-state index in [9.17, 15) is 19.2 Å². The third-order valence-electron chi connectivity index (χ3n) is 4.32. The standard InChI is InChI=1S/C23H33NO8/c1-5-8-9-22(27)29-14-15(4)30-23(28)17(24)12-16-10-11-18(31-20(25)6-2)19(13-16)32-21(26)7-3/h10-11,13,15,17H,5-9,12,14,24H2,1-4H3/t15-,17-/m0/s1. The van der Waals surface area contributed by atoms with Gasteiger partial charge in [0.15, 0.2) is 11.5 Å². The number of hydrogen-bond donors (Lipinski definition) is 1. The Bertz CT molecular complexity index is 792. The van der Waals surface area contributed by atoms with Gasteiger partial charge in [0.2, 0.25) is 0 Å². The van der Waals surface area contributed by atoms with Crippen molar-refractivity contribution in [2.45, 2.75) is 78.4 Å². The van der Waals surface area contributed by atoms with Crippen LogP contribution in [0.2, 0.25) is 0 Å². The molecule has 0 aliphatic heterocycles. The van der Waals surface area contributed by atoms with E-state index in [4.69, 9.17) is 24.7 Å². The zero-order chi connectivity index (χ0) is 24.1. The maximum absolute atomic E-state index is 12.3. The molecule has 0 bridgehead atoms. The molecular formula is C23H33NO8. The third-order valence-corrected chi connectivity index (χ3v) is 4.32. The van der Waals surface area contributed by atoms with E-state index in [0.717, 1.165) is 12.8 Å². The molecule has 0 amide bonds. The summed E-state index contributed by atoms with van der Waals surface area (Å²) < 4.78 is 20.8. The van der Waals surface area contributed by atoms with Crippen LogP contribution in [0.4, 0.5) is 0 Å². The molecule has 0 saturated heterocycles. The molecule has 1 rings (SSSR count). The fraction of sp³-hybridized carbons (Fsp3) is 0.565. The molecule has 1 aromatic carbocycles. The Labute approximate surface area is 188 Å². The van der Waals surface area contributed by atoms with E-state index in [0.29, 0.717) is 12.0 Å². The fourth-order valence-electron chi connectivity index (χ4n) is 2.49. The molecular weight excluding hydrogens is 418 g/mol. The normalized spacial score (nSPS) is 12.4. The van der Waals surface area contributed by atoms with Gasteiger partial charge in [-0.2, -0.15) is 0 Å². The molecule has 0 radical (unpaired) electrons. The molecule has 2 atom stereocenters. The van der Waals surface area contributed by atoms with E-state index in [1.54, 1.807) is 26.8 Å². The molecule has 0 unspecified atom stereocenters. The Kier molecular flexibility index (Phi) is 12.0. The fourth-order valence-corrected chi connectivity index (χ4v) is 2.49. The minimum absolute atomic E-state index is 0.0460. The van der Waals surface area contributed by atoms with Crippen LogP contribution in [0.15, 0.2) is 18.2 Å². The number of nitrogens with two attached hydrogens (primary N) is 1. The summed E-state index contributed by atoms with van der Waals surface area (Å²) in [5, 5.41) is 0. The largest absolute Gasteiger partial charge is 0.462 e. The number of carbonyl (C=O) groups excluding carboxylic acids is 4. The lowest BCUT2D eigenvalue weighted by Gasteiger charge is -2.17. The van der Waals surface area contributed by atoms with Crippen LogP contribution < -0.4 is 15.2 Å². The second-order valence-electron chi connectivity index (χ2n) is 7.28. The van der Waals surface area contributed by atoms with Crippen molar-refractivity contribution in [3.63, 3.8) is 0 Å². The molecule has 0 saturated carbocycles. The van der Waals surface area contributed by atoms with E-state index in [1.165, 1.54) is 12.1 Å². The molecule has 9 heteroatoms. The van der Waals surface area contributed by atoms with Crippen LogP contribution in [-0.2, 0) is 35.1 Å². The smallest absolute Gasteiger partial charge is 0.323 e. The Balaban J connectivity index is 2.73. The summed E-state index contributed by atoms with van der Waals surface area (Å²) in [6, 6.07) is 3.61. The average Bonchev–Trinajstić information content (AvgIpc) is 2.77. The molecule has 0 aliphatic carbocycles. The predicted octanol–water partition coefficient (Wildman–Crippen LogP) is 2.85. The van der Waals surface area contributed by atoms with Crippen molar-refractivity contribution in [1.82, 2.24) is 0 Å². The summed E-state index contributed by atoms with van der Waals surface area (Å²) in [7, 11) is 0. The van der Waals surface area contributed by atoms with E-state index < -0.39 is 30.1 Å². The quantitative estimate of drug-likeness (QED) is 0.355. The second-order valence-corrected chi connectivity index (χ2v) is 7.28. The monoisotopic (exact) mass is 451 g/mol. The van der Waals surface area contributed by atoms with E-state index in [-0.39, 0.29) is 43.3 Å². The summed E-state index contributed by atoms with van der Waals surface area (Å²) in [5.41, 5.74) is 6.55. The molecule has 2 N–H and O–H groups in total. The zero-order valence-electron chi connectivity index (χ0n) is 19.2. The van der Waals surface area contributed by atoms with Gasteiger partial charge in [0.1, 0.15) is 18.8 Å². The summed E-state index contributed by atoms with van der Waals surface area (Å²) in [4.78, 5) is 47.2. The van der Waals surface area contributed by atoms with Gasteiger partial charge in [-0.15, -0.1) is 0 Å². The third kappa shape index (κ3) is 9.91. The highest BCUT2D eigenvalue weighted by molar-refractivity contribution is 5.77. The van der Waals surface area contributed by atoms with Gasteiger partial charge in [0, 0.05) is 19.3 Å². The molecule has 0 heterocycles. The maximum Gasteiger partial charge on any atom is 0.323 e. The Morgan fingerprint density at radius 1 is 0.938 bits per heavy atom. The van der Waals surface area contributed by atoms with Crippen molar-refractivity contribution < 1.29 is 38.1 Å². The van der Waals surface area contributed by atoms with Gasteiger partial charge < -0.3 is 24.7 Å². The lowest BCUT2D eigenvalue weighted by molar-refractivity contribution is -0.159. The number of unbranched alkanes of at least 4 members (excludes halogenated alkanes) is 1. The molecule has 0 fully saturated rings. The zero-order valence-corrected chi connectivity index (χ0v) is 19.2. The van der Waals surface area contributed by atoms with E-state index >= 15 is 0 Å². The first-order chi connectivity index (χ1) is 15.2. The number of hydrogen-bond acceptors (Lipinski definition) is 9. The summed E-state index contributed by atoms with van der Waals surface area (Å²) >= 11 is 0. The van der Waals surface area contributed by atoms with Gasteiger partial charge in [0.05, 0.1) is 0 Å². The Hall–Kier alpha value is -2.94. The molecule has 32 heavy (non-hydrogen) atoms. The van der Waals surface area contributed by atoms with Crippen LogP contribution in [-0.4, -0.2) is 42.6 Å². The number of ether oxygens (including phenoxy) is 4. The average molecular weight is 452 g/mol. The number of esters is 4. The number of rotatable bonds is 13. The lowest BCUT2D eigenvalue weighted by atomic mass is 10.1. The van der Waals surface area contributed by atoms with Crippen molar-refractivity contribution in [3.05, 3.63) is 23.8 Å². The highest BCUT2D eigenvalue weighted by Crippen LogP contribution is 2.30. The first-order valence-electron chi connectivity index (χ1n) is 10.9. The molecule has 9 nitrogen and oxygen atoms in total. The van der Waals surface area contributed by atoms with E-state index in [2.05, 4.69) is 0 Å². The van der Waals surface area contributed by atoms with Gasteiger partial charge in [0.25, 0.3) is 0 Å². The van der Waals surface area contributed by atoms with Crippen LogP contribution >= 0.6 is 0 Å². The van der Waals surface area contributed by atoms with Gasteiger partial charge in [-0.1, -0.05) is 33.3 Å². The maximum atomic E-state index is 12.3. The molecule has 178 valence electrons. The summed E-state index contributed by atoms with van der Waals surface area (Å²) in [6.07, 6.45) is 1.70. The SMILES string of the molecule is CCCCC(=O)OC[C@H](C)OC(=O)[C@@H](N)Cc1ccc(OC(=O)CC)c(OC(=O)CC)c1. The predicted molar refractivity (Wildman–Crippen MR) is 116 cm³/mol. The van der Waals surface area contributed by atoms with Crippen LogP contribution in [0, 0.1) is 0 Å². The molecule has 0 spiro atoms. The van der Waals surface area contributed by atoms with Crippen molar-refractivity contribution in [1.29, 1.82) is 0 Å². The highest BCUT2D eigenvalue weighted by atomic mass is 16.6. The Morgan fingerprint density at radius 2 is 1.56 bits per heavy atom. The van der Waals surface area contributed by atoms with Crippen LogP contribution in [0.1, 0.15) is 65.4 Å². The lowest BCUT2D eigenvalue weighted by Crippen LogP contribution is -2.37. The van der Waals surface area contributed by atoms with E-state index in [1.807, 2.05) is 6.92 Å². The summed E-state index contributed by atoms with van der Waals surface area (Å²) in [6.45, 7) is 6.82. The first kappa shape index (κ1) is 27.1. The van der Waals surface area contributed by atoms with Gasteiger partial charge in [-0.25, -0.2) is 0 Å². The van der Waals surface area contributed by atoms with Crippen LogP contribution in [0.3, 0.4) is 0 Å². The number of carbonyl (C=O) groups is 4. The topological polar surface area (TPSA) is 131 Å². The highest BCUT2D eigenvalue weighted by Gasteiger charge is 2.21. The number of benzene rings is 1. The van der Waals surface area contributed by atoms with Crippen molar-refractivity contribution in [2.24, 2.45) is 5.73 Å². The minimum atomic E-state index is -0.994. The molecule has 1 aromatic rings. The van der Waals surface area contributed by atoms with Crippen molar-refractivity contribution >= 4 is 23.9 Å². The van der Waals surface area contributed by atoms with Crippen LogP contribution in [0.5, 0.6) is 11.5 Å². The van der Waals surface area contributed by atoms with Crippen molar-refractivity contribution in [2.75, 3.05) is 6.61 Å². The second kappa shape index (κ2) is 14.2. The van der Waals surface area contributed by atoms with Gasteiger partial charge in [-0.05, 0) is 37.5 Å².